The van der Waals surface area contributed by atoms with E-state index >= 15 is 0 Å². The van der Waals surface area contributed by atoms with E-state index in [0.717, 1.165) is 16.7 Å². The number of benzene rings is 3. The second kappa shape index (κ2) is 10.5. The third-order valence-electron chi connectivity index (χ3n) is 5.81. The molecule has 0 bridgehead atoms. The Morgan fingerprint density at radius 2 is 1.33 bits per heavy atom. The highest BCUT2D eigenvalue weighted by molar-refractivity contribution is 7.80. The topological polar surface area (TPSA) is 46.2 Å². The van der Waals surface area contributed by atoms with Crippen molar-refractivity contribution in [2.24, 2.45) is 0 Å². The van der Waals surface area contributed by atoms with E-state index in [4.69, 9.17) is 35.9 Å². The van der Waals surface area contributed by atoms with Crippen LogP contribution in [-0.4, -0.2) is 36.1 Å². The minimum atomic E-state index is -0.542. The van der Waals surface area contributed by atoms with Gasteiger partial charge in [0.05, 0.1) is 19.8 Å². The molecule has 0 spiro atoms. The van der Waals surface area contributed by atoms with E-state index in [1.54, 1.807) is 0 Å². The lowest BCUT2D eigenvalue weighted by atomic mass is 9.98. The lowest BCUT2D eigenvalue weighted by Gasteiger charge is -2.46. The molecule has 5 nitrogen and oxygen atoms in total. The van der Waals surface area contributed by atoms with Crippen LogP contribution in [0, 0.1) is 0 Å². The molecule has 2 saturated heterocycles. The van der Waals surface area contributed by atoms with E-state index in [1.807, 2.05) is 91.0 Å². The maximum Gasteiger partial charge on any atom is 0.192 e. The van der Waals surface area contributed by atoms with Gasteiger partial charge in [-0.25, -0.2) is 0 Å². The van der Waals surface area contributed by atoms with Crippen LogP contribution in [0.2, 0.25) is 0 Å². The summed E-state index contributed by atoms with van der Waals surface area (Å²) in [5, 5.41) is 0.371. The molecule has 3 aromatic carbocycles. The zero-order valence-corrected chi connectivity index (χ0v) is 18.9. The van der Waals surface area contributed by atoms with Crippen molar-refractivity contribution in [3.8, 4) is 0 Å². The van der Waals surface area contributed by atoms with Gasteiger partial charge in [-0.05, 0) is 23.3 Å². The van der Waals surface area contributed by atoms with Gasteiger partial charge in [-0.15, -0.1) is 0 Å². The molecule has 3 aromatic rings. The largest absolute Gasteiger partial charge is 0.476 e. The molecule has 0 N–H and O–H groups in total. The van der Waals surface area contributed by atoms with Crippen molar-refractivity contribution in [2.45, 2.75) is 43.9 Å². The fourth-order valence-corrected chi connectivity index (χ4v) is 4.44. The summed E-state index contributed by atoms with van der Waals surface area (Å²) in [6, 6.07) is 29.9. The van der Waals surface area contributed by atoms with E-state index in [1.165, 1.54) is 0 Å². The van der Waals surface area contributed by atoms with E-state index in [9.17, 15) is 0 Å². The van der Waals surface area contributed by atoms with Crippen LogP contribution in [0.4, 0.5) is 0 Å². The SMILES string of the molecule is S=C1O[C@@H]2COC(c3ccccc3)O[C@H]2[C@H](OCc2ccccc2)[C@H]1OCc1ccccc1. The molecule has 0 amide bonds. The molecular weight excluding hydrogens is 436 g/mol. The first-order chi connectivity index (χ1) is 16.3. The van der Waals surface area contributed by atoms with Crippen molar-refractivity contribution in [1.29, 1.82) is 0 Å². The first kappa shape index (κ1) is 22.2. The highest BCUT2D eigenvalue weighted by Gasteiger charge is 2.50. The first-order valence-electron chi connectivity index (χ1n) is 11.1. The molecule has 2 aliphatic heterocycles. The average molecular weight is 463 g/mol. The van der Waals surface area contributed by atoms with Gasteiger partial charge in [-0.2, -0.15) is 0 Å². The van der Waals surface area contributed by atoms with Gasteiger partial charge in [-0.3, -0.25) is 0 Å². The van der Waals surface area contributed by atoms with Crippen LogP contribution >= 0.6 is 12.2 Å². The van der Waals surface area contributed by atoms with Gasteiger partial charge in [-0.1, -0.05) is 91.0 Å². The Labute approximate surface area is 199 Å². The summed E-state index contributed by atoms with van der Waals surface area (Å²) in [4.78, 5) is 0. The molecule has 170 valence electrons. The number of rotatable bonds is 7. The molecule has 1 unspecified atom stereocenters. The van der Waals surface area contributed by atoms with E-state index in [-0.39, 0.29) is 12.2 Å². The highest BCUT2D eigenvalue weighted by atomic mass is 32.1. The zero-order valence-electron chi connectivity index (χ0n) is 18.1. The number of thiocarbonyl (C=S) groups is 1. The normalized spacial score (nSPS) is 26.9. The van der Waals surface area contributed by atoms with Crippen LogP contribution in [0.1, 0.15) is 23.0 Å². The second-order valence-corrected chi connectivity index (χ2v) is 8.53. The van der Waals surface area contributed by atoms with Crippen molar-refractivity contribution in [3.63, 3.8) is 0 Å². The van der Waals surface area contributed by atoms with Crippen LogP contribution in [0.3, 0.4) is 0 Å². The molecule has 2 fully saturated rings. The molecule has 0 aromatic heterocycles. The minimum absolute atomic E-state index is 0.352. The third kappa shape index (κ3) is 5.32. The summed E-state index contributed by atoms with van der Waals surface area (Å²) in [5.41, 5.74) is 3.08. The molecular formula is C27H26O5S. The fraction of sp³-hybridized carbons (Fsp3) is 0.296. The van der Waals surface area contributed by atoms with Crippen LogP contribution in [0.25, 0.3) is 0 Å². The summed E-state index contributed by atoms with van der Waals surface area (Å²) in [5.74, 6) is 0. The Bertz CT molecular complexity index is 1030. The predicted octanol–water partition coefficient (Wildman–Crippen LogP) is 5.00. The van der Waals surface area contributed by atoms with E-state index in [0.29, 0.717) is 24.9 Å². The summed E-state index contributed by atoms with van der Waals surface area (Å²) in [6.07, 6.45) is -2.22. The van der Waals surface area contributed by atoms with Crippen LogP contribution in [-0.2, 0) is 36.9 Å². The molecule has 0 saturated carbocycles. The number of hydrogen-bond donors (Lipinski definition) is 0. The van der Waals surface area contributed by atoms with Crippen molar-refractivity contribution >= 4 is 17.3 Å². The van der Waals surface area contributed by atoms with E-state index < -0.39 is 18.5 Å². The van der Waals surface area contributed by atoms with Crippen molar-refractivity contribution in [3.05, 3.63) is 108 Å². The maximum absolute atomic E-state index is 6.42. The monoisotopic (exact) mass is 462 g/mol. The summed E-state index contributed by atoms with van der Waals surface area (Å²) < 4.78 is 31.1. The number of hydrogen-bond acceptors (Lipinski definition) is 6. The van der Waals surface area contributed by atoms with Crippen LogP contribution in [0.15, 0.2) is 91.0 Å². The van der Waals surface area contributed by atoms with Gasteiger partial charge in [0.25, 0.3) is 0 Å². The molecule has 2 aliphatic rings. The molecule has 33 heavy (non-hydrogen) atoms. The van der Waals surface area contributed by atoms with Gasteiger partial charge < -0.3 is 23.7 Å². The summed E-state index contributed by atoms with van der Waals surface area (Å²) in [7, 11) is 0. The molecule has 5 rings (SSSR count). The second-order valence-electron chi connectivity index (χ2n) is 8.13. The van der Waals surface area contributed by atoms with Crippen molar-refractivity contribution < 1.29 is 23.7 Å². The van der Waals surface area contributed by atoms with Gasteiger partial charge >= 0.3 is 0 Å². The Morgan fingerprint density at radius 3 is 1.97 bits per heavy atom. The molecule has 6 heteroatoms. The zero-order chi connectivity index (χ0) is 22.5. The Balaban J connectivity index is 1.37. The summed E-state index contributed by atoms with van der Waals surface area (Å²) >= 11 is 5.60. The van der Waals surface area contributed by atoms with Crippen molar-refractivity contribution in [1.82, 2.24) is 0 Å². The first-order valence-corrected chi connectivity index (χ1v) is 11.5. The van der Waals surface area contributed by atoms with Crippen molar-refractivity contribution in [2.75, 3.05) is 6.61 Å². The molecule has 5 atom stereocenters. The third-order valence-corrected chi connectivity index (χ3v) is 6.14. The van der Waals surface area contributed by atoms with E-state index in [2.05, 4.69) is 0 Å². The van der Waals surface area contributed by atoms with Crippen LogP contribution in [0.5, 0.6) is 0 Å². The quantitative estimate of drug-likeness (QED) is 0.461. The lowest BCUT2D eigenvalue weighted by molar-refractivity contribution is -0.296. The smallest absolute Gasteiger partial charge is 0.192 e. The minimum Gasteiger partial charge on any atom is -0.476 e. The molecule has 2 heterocycles. The van der Waals surface area contributed by atoms with Gasteiger partial charge in [0.1, 0.15) is 12.2 Å². The Morgan fingerprint density at radius 1 is 0.758 bits per heavy atom. The number of fused-ring (bicyclic) bond motifs is 1. The number of ether oxygens (including phenoxy) is 5. The highest BCUT2D eigenvalue weighted by Crippen LogP contribution is 2.35. The standard InChI is InChI=1S/C27H26O5S/c33-27-25(29-17-20-12-6-2-7-13-20)24(28-16-19-10-4-1-5-11-19)23-22(31-27)18-30-26(32-23)21-14-8-3-9-15-21/h1-15,22-26H,16-18H2/t22-,23-,24+,25-,26?/m1/s1. The van der Waals surface area contributed by atoms with Crippen LogP contribution < -0.4 is 0 Å². The Kier molecular flexibility index (Phi) is 7.09. The Hall–Kier alpha value is -2.61. The molecule has 0 aliphatic carbocycles. The average Bonchev–Trinajstić information content (AvgIpc) is 2.88. The van der Waals surface area contributed by atoms with Gasteiger partial charge in [0.2, 0.25) is 0 Å². The fourth-order valence-electron chi connectivity index (χ4n) is 4.12. The van der Waals surface area contributed by atoms with Gasteiger partial charge in [0, 0.05) is 5.56 Å². The predicted molar refractivity (Wildman–Crippen MR) is 128 cm³/mol. The maximum atomic E-state index is 6.42. The molecule has 0 radical (unpaired) electrons. The lowest BCUT2D eigenvalue weighted by Crippen LogP contribution is -2.61. The summed E-state index contributed by atoms with van der Waals surface area (Å²) in [6.45, 7) is 1.18. The van der Waals surface area contributed by atoms with Gasteiger partial charge in [0.15, 0.2) is 23.5 Å².